The zero-order valence-corrected chi connectivity index (χ0v) is 17.2. The summed E-state index contributed by atoms with van der Waals surface area (Å²) in [4.78, 5) is 11.3. The molecule has 0 rings (SSSR count). The highest BCUT2D eigenvalue weighted by atomic mass is 17.0. The molecule has 0 fully saturated rings. The average molecular weight is 395 g/mol. The van der Waals surface area contributed by atoms with E-state index in [9.17, 15) is 4.79 Å². The van der Waals surface area contributed by atoms with Gasteiger partial charge in [0.1, 0.15) is 0 Å². The molecule has 0 aliphatic heterocycles. The Morgan fingerprint density at radius 1 is 0.852 bits per heavy atom. The van der Waals surface area contributed by atoms with Crippen molar-refractivity contribution in [1.82, 2.24) is 0 Å². The highest BCUT2D eigenvalue weighted by molar-refractivity contribution is 5.81. The Bertz CT molecular complexity index is 329. The third kappa shape index (κ3) is 12.1. The molecule has 0 aromatic rings. The summed E-state index contributed by atoms with van der Waals surface area (Å²) in [7, 11) is 0. The van der Waals surface area contributed by atoms with Crippen molar-refractivity contribution in [2.24, 2.45) is 5.41 Å². The maximum Gasteiger partial charge on any atom is 0.463 e. The summed E-state index contributed by atoms with van der Waals surface area (Å²) < 4.78 is 21.3. The van der Waals surface area contributed by atoms with Gasteiger partial charge >= 0.3 is 12.1 Å². The minimum atomic E-state index is -1.74. The van der Waals surface area contributed by atoms with Gasteiger partial charge in [0, 0.05) is 11.5 Å². The lowest BCUT2D eigenvalue weighted by molar-refractivity contribution is -0.481. The summed E-state index contributed by atoms with van der Waals surface area (Å²) in [6.45, 7) is 11.6. The molecule has 0 bridgehead atoms. The van der Waals surface area contributed by atoms with Crippen LogP contribution >= 0.6 is 0 Å². The van der Waals surface area contributed by atoms with Gasteiger partial charge in [-0.3, -0.25) is 14.2 Å². The second-order valence-electron chi connectivity index (χ2n) is 6.00. The first kappa shape index (κ1) is 28.2. The van der Waals surface area contributed by atoms with E-state index in [4.69, 9.17) is 34.3 Å². The van der Waals surface area contributed by atoms with Crippen molar-refractivity contribution in [2.75, 3.05) is 39.6 Å². The molecule has 0 spiro atoms. The lowest BCUT2D eigenvalue weighted by Crippen LogP contribution is -2.44. The summed E-state index contributed by atoms with van der Waals surface area (Å²) in [6.07, 6.45) is 2.19. The number of ether oxygens (including phenoxy) is 4. The van der Waals surface area contributed by atoms with Gasteiger partial charge in [-0.2, -0.15) is 0 Å². The van der Waals surface area contributed by atoms with E-state index in [0.717, 1.165) is 25.3 Å². The average Bonchev–Trinajstić information content (AvgIpc) is 2.71. The van der Waals surface area contributed by atoms with Crippen LogP contribution in [0.15, 0.2) is 12.7 Å². The molecule has 0 aromatic carbocycles. The van der Waals surface area contributed by atoms with Gasteiger partial charge in [0.2, 0.25) is 0 Å². The number of hydrogen-bond acceptors (Lipinski definition) is 8. The van der Waals surface area contributed by atoms with Crippen molar-refractivity contribution >= 4 is 5.97 Å². The van der Waals surface area contributed by atoms with Crippen molar-refractivity contribution in [3.05, 3.63) is 12.7 Å². The van der Waals surface area contributed by atoms with E-state index >= 15 is 0 Å². The number of aliphatic hydroxyl groups is 3. The fraction of sp³-hybridized carbons (Fsp3) is 0.842. The first-order valence-corrected chi connectivity index (χ1v) is 9.48. The molecule has 3 N–H and O–H groups in total. The standard InChI is InChI=1S/C13H24O5.C6H14O3/c1-5-9-15-13(16-10-6-2,17-11-7-3)18-12(14)8-4;1-2-6(3-7,4-8)5-9/h8H,4-7,9-11H2,1-3H3;7-9H,2-5H2,1H3. The maximum atomic E-state index is 11.3. The normalized spacial score (nSPS) is 11.5. The van der Waals surface area contributed by atoms with E-state index in [1.54, 1.807) is 0 Å². The highest BCUT2D eigenvalue weighted by Gasteiger charge is 2.38. The fourth-order valence-corrected chi connectivity index (χ4v) is 1.54. The van der Waals surface area contributed by atoms with Crippen molar-refractivity contribution in [3.63, 3.8) is 0 Å². The van der Waals surface area contributed by atoms with Gasteiger partial charge in [-0.1, -0.05) is 34.3 Å². The van der Waals surface area contributed by atoms with Gasteiger partial charge in [0.05, 0.1) is 39.6 Å². The molecule has 0 saturated carbocycles. The quantitative estimate of drug-likeness (QED) is 0.219. The van der Waals surface area contributed by atoms with Crippen molar-refractivity contribution in [1.29, 1.82) is 0 Å². The predicted molar refractivity (Wildman–Crippen MR) is 102 cm³/mol. The van der Waals surface area contributed by atoms with E-state index in [1.807, 2.05) is 27.7 Å². The summed E-state index contributed by atoms with van der Waals surface area (Å²) in [6, 6.07) is 0. The molecule has 0 aliphatic rings. The number of carbonyl (C=O) groups is 1. The Morgan fingerprint density at radius 3 is 1.41 bits per heavy atom. The molecule has 0 radical (unpaired) electrons. The van der Waals surface area contributed by atoms with Gasteiger partial charge in [-0.25, -0.2) is 4.79 Å². The van der Waals surface area contributed by atoms with Crippen LogP contribution in [0.2, 0.25) is 0 Å². The first-order chi connectivity index (χ1) is 12.9. The van der Waals surface area contributed by atoms with Crippen LogP contribution in [0.5, 0.6) is 0 Å². The third-order valence-corrected chi connectivity index (χ3v) is 3.60. The first-order valence-electron chi connectivity index (χ1n) is 9.48. The SMILES string of the molecule is C=CC(=O)OC(OCCC)(OCCC)OCCC.CCC(CO)(CO)CO. The Morgan fingerprint density at radius 2 is 1.22 bits per heavy atom. The summed E-state index contributed by atoms with van der Waals surface area (Å²) in [5.41, 5.74) is -0.667. The van der Waals surface area contributed by atoms with Crippen LogP contribution in [0.4, 0.5) is 0 Å². The van der Waals surface area contributed by atoms with Crippen LogP contribution in [0.1, 0.15) is 53.4 Å². The van der Waals surface area contributed by atoms with Crippen LogP contribution in [-0.2, 0) is 23.7 Å². The third-order valence-electron chi connectivity index (χ3n) is 3.60. The van der Waals surface area contributed by atoms with Gasteiger partial charge in [0.25, 0.3) is 0 Å². The van der Waals surface area contributed by atoms with Gasteiger partial charge in [0.15, 0.2) is 0 Å². The number of rotatable bonds is 15. The van der Waals surface area contributed by atoms with Crippen LogP contribution in [0, 0.1) is 5.41 Å². The number of carbonyl (C=O) groups excluding carboxylic acids is 1. The summed E-state index contributed by atoms with van der Waals surface area (Å²) >= 11 is 0. The lowest BCUT2D eigenvalue weighted by atomic mass is 9.88. The topological polar surface area (TPSA) is 115 Å². The molecule has 0 amide bonds. The minimum absolute atomic E-state index is 0.156. The van der Waals surface area contributed by atoms with Crippen molar-refractivity contribution in [3.8, 4) is 0 Å². The summed E-state index contributed by atoms with van der Waals surface area (Å²) in [5, 5.41) is 26.0. The van der Waals surface area contributed by atoms with Crippen LogP contribution < -0.4 is 0 Å². The molecule has 0 heterocycles. The summed E-state index contributed by atoms with van der Waals surface area (Å²) in [5.74, 6) is -0.640. The smallest absolute Gasteiger partial charge is 0.396 e. The molecule has 162 valence electrons. The van der Waals surface area contributed by atoms with E-state index in [2.05, 4.69) is 6.58 Å². The van der Waals surface area contributed by atoms with Crippen LogP contribution in [0.3, 0.4) is 0 Å². The Hall–Kier alpha value is -1.03. The number of hydrogen-bond donors (Lipinski definition) is 3. The van der Waals surface area contributed by atoms with E-state index in [1.165, 1.54) is 0 Å². The van der Waals surface area contributed by atoms with E-state index < -0.39 is 17.5 Å². The van der Waals surface area contributed by atoms with Gasteiger partial charge in [-0.05, 0) is 25.7 Å². The number of esters is 1. The molecule has 0 aromatic heterocycles. The Labute approximate surface area is 163 Å². The molecular formula is C19H38O8. The second kappa shape index (κ2) is 17.1. The van der Waals surface area contributed by atoms with Crippen molar-refractivity contribution < 1.29 is 39.1 Å². The lowest BCUT2D eigenvalue weighted by Gasteiger charge is -2.30. The highest BCUT2D eigenvalue weighted by Crippen LogP contribution is 2.20. The molecule has 8 nitrogen and oxygen atoms in total. The Balaban J connectivity index is 0. The zero-order chi connectivity index (χ0) is 21.2. The van der Waals surface area contributed by atoms with Crippen LogP contribution in [0.25, 0.3) is 0 Å². The van der Waals surface area contributed by atoms with Crippen LogP contribution in [-0.4, -0.2) is 67.1 Å². The molecule has 0 unspecified atom stereocenters. The van der Waals surface area contributed by atoms with Gasteiger partial charge < -0.3 is 20.1 Å². The molecule has 0 saturated heterocycles. The number of aliphatic hydroxyl groups excluding tert-OH is 3. The van der Waals surface area contributed by atoms with Gasteiger partial charge in [-0.15, -0.1) is 0 Å². The maximum absolute atomic E-state index is 11.3. The molecule has 0 aliphatic carbocycles. The minimum Gasteiger partial charge on any atom is -0.396 e. The molecule has 8 heteroatoms. The Kier molecular flexibility index (Phi) is 17.8. The second-order valence-corrected chi connectivity index (χ2v) is 6.00. The zero-order valence-electron chi connectivity index (χ0n) is 17.2. The monoisotopic (exact) mass is 394 g/mol. The van der Waals surface area contributed by atoms with E-state index in [0.29, 0.717) is 26.2 Å². The van der Waals surface area contributed by atoms with Crippen molar-refractivity contribution in [2.45, 2.75) is 59.5 Å². The molecule has 27 heavy (non-hydrogen) atoms. The largest absolute Gasteiger partial charge is 0.463 e. The fourth-order valence-electron chi connectivity index (χ4n) is 1.54. The van der Waals surface area contributed by atoms with E-state index in [-0.39, 0.29) is 19.8 Å². The molecule has 0 atom stereocenters. The predicted octanol–water partition coefficient (Wildman–Crippen LogP) is 1.97. The molecular weight excluding hydrogens is 356 g/mol.